The van der Waals surface area contributed by atoms with Crippen molar-refractivity contribution in [3.8, 4) is 0 Å². The topological polar surface area (TPSA) is 26.3 Å². The lowest BCUT2D eigenvalue weighted by Crippen LogP contribution is -2.04. The van der Waals surface area contributed by atoms with Crippen molar-refractivity contribution in [1.29, 1.82) is 0 Å². The molecule has 2 nitrogen and oxygen atoms in total. The molecule has 0 fully saturated rings. The van der Waals surface area contributed by atoms with E-state index >= 15 is 0 Å². The second-order valence-corrected chi connectivity index (χ2v) is 3.14. The van der Waals surface area contributed by atoms with Gasteiger partial charge in [-0.1, -0.05) is 34.2 Å². The summed E-state index contributed by atoms with van der Waals surface area (Å²) in [5.74, 6) is -0.315. The molecule has 0 radical (unpaired) electrons. The van der Waals surface area contributed by atoms with Gasteiger partial charge in [0, 0.05) is 4.48 Å². The van der Waals surface area contributed by atoms with Crippen LogP contribution in [0.3, 0.4) is 0 Å². The normalized spacial score (nSPS) is 16.2. The van der Waals surface area contributed by atoms with Gasteiger partial charge in [-0.05, 0) is 12.5 Å². The van der Waals surface area contributed by atoms with Crippen molar-refractivity contribution in [3.05, 3.63) is 34.4 Å². The van der Waals surface area contributed by atoms with Crippen LogP contribution in [-0.2, 0) is 9.53 Å². The molecule has 3 heteroatoms. The van der Waals surface area contributed by atoms with Crippen LogP contribution in [0.1, 0.15) is 6.42 Å². The highest BCUT2D eigenvalue weighted by Crippen LogP contribution is 2.21. The summed E-state index contributed by atoms with van der Waals surface area (Å²) >= 11 is 3.30. The maximum absolute atomic E-state index is 11.1. The molecule has 0 saturated carbocycles. The van der Waals surface area contributed by atoms with Gasteiger partial charge in [0.2, 0.25) is 0 Å². The van der Waals surface area contributed by atoms with Gasteiger partial charge in [0.25, 0.3) is 0 Å². The van der Waals surface area contributed by atoms with Gasteiger partial charge in [0.1, 0.15) is 0 Å². The molecule has 0 heterocycles. The second kappa shape index (κ2) is 4.26. The Morgan fingerprint density at radius 3 is 3.08 bits per heavy atom. The minimum absolute atomic E-state index is 0.315. The lowest BCUT2D eigenvalue weighted by molar-refractivity contribution is -0.135. The Hall–Kier alpha value is -0.830. The van der Waals surface area contributed by atoms with Gasteiger partial charge >= 0.3 is 5.97 Å². The fourth-order valence-corrected chi connectivity index (χ4v) is 1.36. The summed E-state index contributed by atoms with van der Waals surface area (Å²) in [4.78, 5) is 11.1. The van der Waals surface area contributed by atoms with Crippen molar-refractivity contribution < 1.29 is 9.53 Å². The van der Waals surface area contributed by atoms with E-state index in [4.69, 9.17) is 0 Å². The predicted molar refractivity (Wildman–Crippen MR) is 50.9 cm³/mol. The molecule has 0 bridgehead atoms. The molecule has 1 aliphatic rings. The number of hydrogen-bond donors (Lipinski definition) is 0. The second-order valence-electron chi connectivity index (χ2n) is 2.29. The fraction of sp³-hybridized carbons (Fsp3) is 0.222. The Morgan fingerprint density at radius 2 is 2.42 bits per heavy atom. The van der Waals surface area contributed by atoms with Crippen LogP contribution in [0.2, 0.25) is 0 Å². The maximum Gasteiger partial charge on any atom is 0.338 e. The van der Waals surface area contributed by atoms with Gasteiger partial charge in [-0.2, -0.15) is 0 Å². The molecule has 0 aromatic rings. The molecule has 0 amide bonds. The molecule has 1 aliphatic carbocycles. The van der Waals surface area contributed by atoms with Gasteiger partial charge in [-0.3, -0.25) is 0 Å². The van der Waals surface area contributed by atoms with Gasteiger partial charge < -0.3 is 4.74 Å². The van der Waals surface area contributed by atoms with E-state index in [2.05, 4.69) is 20.7 Å². The van der Waals surface area contributed by atoms with Crippen molar-refractivity contribution in [2.45, 2.75) is 6.42 Å². The quantitative estimate of drug-likeness (QED) is 0.645. The Kier molecular flexibility index (Phi) is 3.29. The van der Waals surface area contributed by atoms with Gasteiger partial charge in [0.15, 0.2) is 0 Å². The summed E-state index contributed by atoms with van der Waals surface area (Å²) in [6, 6.07) is 0. The van der Waals surface area contributed by atoms with E-state index < -0.39 is 0 Å². The van der Waals surface area contributed by atoms with Crippen molar-refractivity contribution in [3.63, 3.8) is 0 Å². The van der Waals surface area contributed by atoms with E-state index in [1.54, 1.807) is 6.08 Å². The number of hydrogen-bond acceptors (Lipinski definition) is 2. The van der Waals surface area contributed by atoms with E-state index in [9.17, 15) is 4.79 Å². The average Bonchev–Trinajstić information content (AvgIpc) is 2.28. The lowest BCUT2D eigenvalue weighted by atomic mass is 10.2. The van der Waals surface area contributed by atoms with Crippen LogP contribution in [0.4, 0.5) is 0 Å². The van der Waals surface area contributed by atoms with Crippen LogP contribution in [0, 0.1) is 0 Å². The molecule has 0 saturated heterocycles. The van der Waals surface area contributed by atoms with E-state index in [0.717, 1.165) is 10.9 Å². The number of esters is 1. The maximum atomic E-state index is 11.1. The molecule has 0 unspecified atom stereocenters. The number of rotatable bonds is 1. The van der Waals surface area contributed by atoms with Crippen LogP contribution in [-0.4, -0.2) is 13.1 Å². The van der Waals surface area contributed by atoms with Crippen molar-refractivity contribution in [1.82, 2.24) is 0 Å². The highest BCUT2D eigenvalue weighted by Gasteiger charge is 2.12. The van der Waals surface area contributed by atoms with Crippen molar-refractivity contribution >= 4 is 21.9 Å². The number of carbonyl (C=O) groups excluding carboxylic acids is 1. The first-order valence-corrected chi connectivity index (χ1v) is 4.36. The van der Waals surface area contributed by atoms with E-state index in [-0.39, 0.29) is 5.97 Å². The molecule has 12 heavy (non-hydrogen) atoms. The number of allylic oxidation sites excluding steroid dienone is 4. The van der Waals surface area contributed by atoms with Crippen molar-refractivity contribution in [2.75, 3.05) is 7.11 Å². The average molecular weight is 229 g/mol. The molecular formula is C9H9BrO2. The van der Waals surface area contributed by atoms with Crippen LogP contribution in [0.25, 0.3) is 0 Å². The molecule has 0 atom stereocenters. The smallest absolute Gasteiger partial charge is 0.338 e. The largest absolute Gasteiger partial charge is 0.465 e. The lowest BCUT2D eigenvalue weighted by Gasteiger charge is -2.01. The molecule has 0 spiro atoms. The van der Waals surface area contributed by atoms with Gasteiger partial charge in [-0.15, -0.1) is 0 Å². The summed E-state index contributed by atoms with van der Waals surface area (Å²) in [7, 11) is 1.37. The number of halogens is 1. The number of carbonyl (C=O) groups is 1. The fourth-order valence-electron chi connectivity index (χ4n) is 0.879. The van der Waals surface area contributed by atoms with E-state index in [1.807, 2.05) is 18.2 Å². The number of ether oxygens (including phenoxy) is 1. The Morgan fingerprint density at radius 1 is 1.67 bits per heavy atom. The molecule has 0 aliphatic heterocycles. The van der Waals surface area contributed by atoms with Crippen LogP contribution >= 0.6 is 15.9 Å². The minimum atomic E-state index is -0.315. The molecule has 0 N–H and O–H groups in total. The van der Waals surface area contributed by atoms with Crippen LogP contribution in [0.15, 0.2) is 34.4 Å². The van der Waals surface area contributed by atoms with E-state index in [0.29, 0.717) is 5.57 Å². The zero-order valence-electron chi connectivity index (χ0n) is 6.71. The molecular weight excluding hydrogens is 220 g/mol. The first-order valence-electron chi connectivity index (χ1n) is 3.57. The first-order chi connectivity index (χ1) is 5.75. The number of methoxy groups -OCH3 is 1. The molecule has 1 rings (SSSR count). The molecule has 64 valence electrons. The summed E-state index contributed by atoms with van der Waals surface area (Å²) in [6.07, 6.45) is 8.30. The van der Waals surface area contributed by atoms with Crippen molar-refractivity contribution in [2.24, 2.45) is 0 Å². The monoisotopic (exact) mass is 228 g/mol. The minimum Gasteiger partial charge on any atom is -0.465 e. The molecule has 0 aromatic carbocycles. The third kappa shape index (κ3) is 2.08. The zero-order valence-corrected chi connectivity index (χ0v) is 8.30. The highest BCUT2D eigenvalue weighted by molar-refractivity contribution is 9.12. The van der Waals surface area contributed by atoms with Crippen LogP contribution < -0.4 is 0 Å². The van der Waals surface area contributed by atoms with E-state index in [1.165, 1.54) is 7.11 Å². The van der Waals surface area contributed by atoms with Gasteiger partial charge in [0.05, 0.1) is 12.7 Å². The van der Waals surface area contributed by atoms with Crippen LogP contribution in [0.5, 0.6) is 0 Å². The molecule has 0 aromatic heterocycles. The summed E-state index contributed by atoms with van der Waals surface area (Å²) in [6.45, 7) is 0. The zero-order chi connectivity index (χ0) is 8.97. The summed E-state index contributed by atoms with van der Waals surface area (Å²) < 4.78 is 5.39. The summed E-state index contributed by atoms with van der Waals surface area (Å²) in [5, 5.41) is 0. The first kappa shape index (κ1) is 9.26. The third-order valence-electron chi connectivity index (χ3n) is 1.49. The predicted octanol–water partition coefficient (Wildman–Crippen LogP) is 2.32. The van der Waals surface area contributed by atoms with Gasteiger partial charge in [-0.25, -0.2) is 4.79 Å². The Balaban J connectivity index is 2.92. The third-order valence-corrected chi connectivity index (χ3v) is 2.25. The Labute approximate surface area is 79.7 Å². The summed E-state index contributed by atoms with van der Waals surface area (Å²) in [5.41, 5.74) is 0.561. The highest BCUT2D eigenvalue weighted by atomic mass is 79.9. The Bertz CT molecular complexity index is 274. The standard InChI is InChI=1S/C9H9BrO2/c1-12-9(11)7-5-3-2-4-6-8(7)10/h2-3,5-6H,4H2,1H3. The SMILES string of the molecule is COC(=O)C1=CC=CCC=C1Br.